The third-order valence-corrected chi connectivity index (χ3v) is 2.10. The van der Waals surface area contributed by atoms with E-state index < -0.39 is 28.2 Å². The highest BCUT2D eigenvalue weighted by atomic mass is 16.6. The fourth-order valence-corrected chi connectivity index (χ4v) is 1.20. The van der Waals surface area contributed by atoms with Crippen molar-refractivity contribution in [3.05, 3.63) is 27.8 Å². The highest BCUT2D eigenvalue weighted by Crippen LogP contribution is 2.36. The van der Waals surface area contributed by atoms with Crippen molar-refractivity contribution in [2.24, 2.45) is 10.8 Å². The summed E-state index contributed by atoms with van der Waals surface area (Å²) in [5.41, 5.74) is 6.06. The van der Waals surface area contributed by atoms with Gasteiger partial charge in [0, 0.05) is 11.6 Å². The van der Waals surface area contributed by atoms with Crippen molar-refractivity contribution in [2.75, 3.05) is 7.11 Å². The van der Waals surface area contributed by atoms with E-state index in [0.717, 1.165) is 12.3 Å². The number of aromatic hydroxyl groups is 1. The van der Waals surface area contributed by atoms with E-state index in [2.05, 4.69) is 10.8 Å². The second-order valence-electron chi connectivity index (χ2n) is 3.41. The van der Waals surface area contributed by atoms with Crippen LogP contribution in [-0.2, 0) is 9.59 Å². The predicted octanol–water partition coefficient (Wildman–Crippen LogP) is -0.756. The molecule has 0 aliphatic rings. The number of ether oxygens (including phenoxy) is 1. The number of nitrogens with two attached hydrogens (primary N) is 1. The van der Waals surface area contributed by atoms with Crippen molar-refractivity contribution < 1.29 is 24.4 Å². The molecule has 106 valence electrons. The van der Waals surface area contributed by atoms with Gasteiger partial charge in [-0.25, -0.2) is 5.43 Å². The molecule has 0 unspecified atom stereocenters. The number of hydrogen-bond donors (Lipinski definition) is 3. The lowest BCUT2D eigenvalue weighted by molar-refractivity contribution is -0.386. The van der Waals surface area contributed by atoms with Gasteiger partial charge in [0.25, 0.3) is 0 Å². The number of methoxy groups -OCH3 is 1. The minimum atomic E-state index is -1.23. The highest BCUT2D eigenvalue weighted by molar-refractivity contribution is 6.34. The van der Waals surface area contributed by atoms with Crippen molar-refractivity contribution in [1.29, 1.82) is 0 Å². The zero-order valence-electron chi connectivity index (χ0n) is 10.2. The van der Waals surface area contributed by atoms with Gasteiger partial charge in [-0.3, -0.25) is 19.7 Å². The Kier molecular flexibility index (Phi) is 4.56. The molecule has 10 nitrogen and oxygen atoms in total. The van der Waals surface area contributed by atoms with Crippen molar-refractivity contribution >= 4 is 23.7 Å². The van der Waals surface area contributed by atoms with Crippen molar-refractivity contribution in [2.45, 2.75) is 0 Å². The van der Waals surface area contributed by atoms with E-state index >= 15 is 0 Å². The number of nitrogens with zero attached hydrogens (tertiary/aromatic N) is 2. The first kappa shape index (κ1) is 14.9. The number of hydrogen-bond acceptors (Lipinski definition) is 7. The van der Waals surface area contributed by atoms with E-state index in [-0.39, 0.29) is 11.3 Å². The molecular weight excluding hydrogens is 272 g/mol. The van der Waals surface area contributed by atoms with E-state index in [4.69, 9.17) is 4.74 Å². The van der Waals surface area contributed by atoms with Crippen LogP contribution >= 0.6 is 0 Å². The van der Waals surface area contributed by atoms with Gasteiger partial charge in [-0.2, -0.15) is 5.10 Å². The Bertz CT molecular complexity index is 598. The minimum Gasteiger partial charge on any atom is -0.500 e. The Labute approximate surface area is 112 Å². The van der Waals surface area contributed by atoms with Gasteiger partial charge in [0.05, 0.1) is 18.2 Å². The van der Waals surface area contributed by atoms with E-state index in [0.29, 0.717) is 0 Å². The summed E-state index contributed by atoms with van der Waals surface area (Å²) in [6.45, 7) is 0. The van der Waals surface area contributed by atoms with E-state index in [1.165, 1.54) is 13.2 Å². The Morgan fingerprint density at radius 3 is 2.70 bits per heavy atom. The molecule has 0 saturated heterocycles. The molecule has 0 fully saturated rings. The summed E-state index contributed by atoms with van der Waals surface area (Å²) >= 11 is 0. The fraction of sp³-hybridized carbons (Fsp3) is 0.100. The summed E-state index contributed by atoms with van der Waals surface area (Å²) in [5, 5.41) is 23.6. The zero-order chi connectivity index (χ0) is 15.3. The van der Waals surface area contributed by atoms with Crippen LogP contribution in [0, 0.1) is 10.1 Å². The largest absolute Gasteiger partial charge is 0.500 e. The average Bonchev–Trinajstić information content (AvgIpc) is 2.39. The number of carbonyl (C=O) groups is 2. The Morgan fingerprint density at radius 2 is 2.20 bits per heavy atom. The van der Waals surface area contributed by atoms with Gasteiger partial charge in [-0.15, -0.1) is 0 Å². The van der Waals surface area contributed by atoms with E-state index in [1.54, 1.807) is 0 Å². The van der Waals surface area contributed by atoms with E-state index in [9.17, 15) is 24.8 Å². The highest BCUT2D eigenvalue weighted by Gasteiger charge is 2.19. The molecule has 0 bridgehead atoms. The number of rotatable bonds is 4. The molecule has 0 radical (unpaired) electrons. The normalized spacial score (nSPS) is 10.2. The van der Waals surface area contributed by atoms with Gasteiger partial charge in [0.2, 0.25) is 5.75 Å². The molecule has 0 saturated carbocycles. The van der Waals surface area contributed by atoms with Crippen LogP contribution in [0.25, 0.3) is 0 Å². The molecule has 4 N–H and O–H groups in total. The van der Waals surface area contributed by atoms with Crippen LogP contribution in [0.1, 0.15) is 5.56 Å². The van der Waals surface area contributed by atoms with Crippen LogP contribution in [0.5, 0.6) is 11.5 Å². The molecule has 1 aromatic rings. The Hall–Kier alpha value is -3.17. The third kappa shape index (κ3) is 3.41. The number of primary amides is 1. The third-order valence-electron chi connectivity index (χ3n) is 2.10. The maximum atomic E-state index is 10.8. The number of phenolic OH excluding ortho intramolecular Hbond substituents is 1. The molecule has 0 aliphatic carbocycles. The van der Waals surface area contributed by atoms with Gasteiger partial charge in [-0.1, -0.05) is 0 Å². The lowest BCUT2D eigenvalue weighted by atomic mass is 10.2. The first-order valence-corrected chi connectivity index (χ1v) is 5.05. The number of amides is 2. The van der Waals surface area contributed by atoms with Gasteiger partial charge in [0.15, 0.2) is 5.75 Å². The molecule has 0 spiro atoms. The smallest absolute Gasteiger partial charge is 0.329 e. The summed E-state index contributed by atoms with van der Waals surface area (Å²) in [5.74, 6) is -3.13. The van der Waals surface area contributed by atoms with Crippen LogP contribution < -0.4 is 15.9 Å². The number of nitrogens with one attached hydrogen (secondary N) is 1. The van der Waals surface area contributed by atoms with Gasteiger partial charge >= 0.3 is 17.5 Å². The van der Waals surface area contributed by atoms with Crippen LogP contribution in [0.15, 0.2) is 17.2 Å². The number of nitro benzene ring substituents is 1. The Morgan fingerprint density at radius 1 is 1.55 bits per heavy atom. The second kappa shape index (κ2) is 6.13. The van der Waals surface area contributed by atoms with Crippen LogP contribution in [-0.4, -0.2) is 35.2 Å². The van der Waals surface area contributed by atoms with Gasteiger partial charge < -0.3 is 15.6 Å². The van der Waals surface area contributed by atoms with Crippen LogP contribution in [0.2, 0.25) is 0 Å². The minimum absolute atomic E-state index is 0.137. The average molecular weight is 282 g/mol. The molecule has 0 atom stereocenters. The number of phenols is 1. The molecule has 1 aromatic carbocycles. The molecule has 1 rings (SSSR count). The summed E-state index contributed by atoms with van der Waals surface area (Å²) in [4.78, 5) is 31.2. The summed E-state index contributed by atoms with van der Waals surface area (Å²) in [6.07, 6.45) is 1.02. The van der Waals surface area contributed by atoms with Crippen molar-refractivity contribution in [1.82, 2.24) is 5.43 Å². The van der Waals surface area contributed by atoms with Crippen LogP contribution in [0.4, 0.5) is 5.69 Å². The molecule has 20 heavy (non-hydrogen) atoms. The SMILES string of the molecule is COc1cc(/C=N/NC(=O)C(N)=O)cc([N+](=O)[O-])c1O. The standard InChI is InChI=1S/C10H10N4O6/c1-20-7-3-5(2-6(8(7)15)14(18)19)4-12-13-10(17)9(11)16/h2-4,15H,1H3,(H2,11,16)(H,13,17)/b12-4+. The van der Waals surface area contributed by atoms with Gasteiger partial charge in [0.1, 0.15) is 0 Å². The lowest BCUT2D eigenvalue weighted by Crippen LogP contribution is -2.32. The number of hydrazone groups is 1. The number of benzene rings is 1. The molecule has 0 aliphatic heterocycles. The Balaban J connectivity index is 3.04. The van der Waals surface area contributed by atoms with Crippen molar-refractivity contribution in [3.8, 4) is 11.5 Å². The molecule has 2 amide bonds. The topological polar surface area (TPSA) is 157 Å². The summed E-state index contributed by atoms with van der Waals surface area (Å²) in [6, 6.07) is 2.26. The maximum Gasteiger partial charge on any atom is 0.329 e. The molecule has 0 aromatic heterocycles. The summed E-state index contributed by atoms with van der Waals surface area (Å²) < 4.78 is 4.76. The first-order chi connectivity index (χ1) is 9.36. The maximum absolute atomic E-state index is 10.8. The zero-order valence-corrected chi connectivity index (χ0v) is 10.2. The predicted molar refractivity (Wildman–Crippen MR) is 66.2 cm³/mol. The number of nitro groups is 1. The summed E-state index contributed by atoms with van der Waals surface area (Å²) in [7, 11) is 1.22. The van der Waals surface area contributed by atoms with Crippen molar-refractivity contribution in [3.63, 3.8) is 0 Å². The van der Waals surface area contributed by atoms with Gasteiger partial charge in [-0.05, 0) is 6.07 Å². The van der Waals surface area contributed by atoms with E-state index in [1.807, 2.05) is 5.43 Å². The van der Waals surface area contributed by atoms with Crippen LogP contribution in [0.3, 0.4) is 0 Å². The lowest BCUT2D eigenvalue weighted by Gasteiger charge is -2.04. The molecule has 10 heteroatoms. The quantitative estimate of drug-likeness (QED) is 0.285. The molecule has 0 heterocycles. The second-order valence-corrected chi connectivity index (χ2v) is 3.41. The first-order valence-electron chi connectivity index (χ1n) is 5.05. The molecular formula is C10H10N4O6. The fourth-order valence-electron chi connectivity index (χ4n) is 1.20. The monoisotopic (exact) mass is 282 g/mol. The number of carbonyl (C=O) groups excluding carboxylic acids is 2.